The number of amides is 4. The van der Waals surface area contributed by atoms with Crippen LogP contribution < -0.4 is 15.5 Å². The Bertz CT molecular complexity index is 1210. The van der Waals surface area contributed by atoms with E-state index in [1.165, 1.54) is 5.56 Å². The van der Waals surface area contributed by atoms with Crippen molar-refractivity contribution in [3.8, 4) is 0 Å². The van der Waals surface area contributed by atoms with Crippen molar-refractivity contribution in [2.24, 2.45) is 5.92 Å². The summed E-state index contributed by atoms with van der Waals surface area (Å²) in [5, 5.41) is 7.56. The average Bonchev–Trinajstić information content (AvgIpc) is 2.89. The van der Waals surface area contributed by atoms with Crippen LogP contribution in [0, 0.1) is 5.92 Å². The van der Waals surface area contributed by atoms with Crippen molar-refractivity contribution >= 4 is 34.5 Å². The summed E-state index contributed by atoms with van der Waals surface area (Å²) in [4.78, 5) is 44.9. The smallest absolute Gasteiger partial charge is 0.407 e. The first-order chi connectivity index (χ1) is 18.7. The fraction of sp³-hybridized carbons (Fsp3) is 0.600. The Morgan fingerprint density at radius 3 is 2.46 bits per heavy atom. The summed E-state index contributed by atoms with van der Waals surface area (Å²) >= 11 is 0. The van der Waals surface area contributed by atoms with Crippen LogP contribution in [0.25, 0.3) is 10.8 Å². The number of pyridine rings is 1. The number of alkyl carbamates (subject to hydrolysis) is 1. The van der Waals surface area contributed by atoms with Crippen molar-refractivity contribution in [1.82, 2.24) is 20.5 Å². The highest BCUT2D eigenvalue weighted by molar-refractivity contribution is 6.10. The molecule has 1 saturated carbocycles. The van der Waals surface area contributed by atoms with E-state index in [-0.39, 0.29) is 24.1 Å². The summed E-state index contributed by atoms with van der Waals surface area (Å²) in [6.07, 6.45) is 10.1. The molecule has 0 atom stereocenters. The molecule has 3 heterocycles. The molecular weight excluding hydrogens is 494 g/mol. The number of nitrogens with zero attached hydrogens (tertiary/aromatic N) is 3. The number of likely N-dealkylation sites (tertiary alicyclic amines) is 1. The number of carbonyl (C=O) groups excluding carboxylic acids is 3. The summed E-state index contributed by atoms with van der Waals surface area (Å²) in [6, 6.07) is 6.15. The largest absolute Gasteiger partial charge is 0.444 e. The Labute approximate surface area is 230 Å². The lowest BCUT2D eigenvalue weighted by Gasteiger charge is -2.37. The lowest BCUT2D eigenvalue weighted by atomic mass is 9.84. The van der Waals surface area contributed by atoms with E-state index in [0.29, 0.717) is 24.8 Å². The van der Waals surface area contributed by atoms with Gasteiger partial charge in [0.2, 0.25) is 5.91 Å². The molecule has 3 fully saturated rings. The Morgan fingerprint density at radius 2 is 1.77 bits per heavy atom. The number of anilines is 1. The number of rotatable bonds is 5. The molecule has 39 heavy (non-hydrogen) atoms. The van der Waals surface area contributed by atoms with Crippen LogP contribution in [0.15, 0.2) is 30.6 Å². The summed E-state index contributed by atoms with van der Waals surface area (Å²) in [6.45, 7) is 9.30. The zero-order chi connectivity index (χ0) is 27.6. The van der Waals surface area contributed by atoms with Gasteiger partial charge in [0.1, 0.15) is 5.60 Å². The van der Waals surface area contributed by atoms with Crippen LogP contribution >= 0.6 is 0 Å². The molecular formula is C30H41N5O4. The molecule has 2 aliphatic heterocycles. The predicted molar refractivity (Wildman–Crippen MR) is 151 cm³/mol. The van der Waals surface area contributed by atoms with Gasteiger partial charge in [0.15, 0.2) is 0 Å². The van der Waals surface area contributed by atoms with E-state index in [4.69, 9.17) is 4.74 Å². The Morgan fingerprint density at radius 1 is 1.03 bits per heavy atom. The van der Waals surface area contributed by atoms with Crippen LogP contribution in [0.4, 0.5) is 15.3 Å². The topological polar surface area (TPSA) is 104 Å². The third kappa shape index (κ3) is 6.69. The molecule has 4 amide bonds. The molecule has 0 spiro atoms. The van der Waals surface area contributed by atoms with Crippen molar-refractivity contribution < 1.29 is 19.1 Å². The number of benzene rings is 1. The highest BCUT2D eigenvalue weighted by Crippen LogP contribution is 2.37. The molecule has 1 aromatic heterocycles. The molecule has 1 aliphatic carbocycles. The normalized spacial score (nSPS) is 23.5. The second-order valence-corrected chi connectivity index (χ2v) is 12.3. The van der Waals surface area contributed by atoms with E-state index in [1.54, 1.807) is 11.1 Å². The van der Waals surface area contributed by atoms with E-state index < -0.39 is 5.60 Å². The van der Waals surface area contributed by atoms with Crippen LogP contribution in [0.5, 0.6) is 0 Å². The molecule has 2 saturated heterocycles. The van der Waals surface area contributed by atoms with Gasteiger partial charge in [-0.25, -0.2) is 9.59 Å². The second kappa shape index (κ2) is 11.5. The number of hydrogen-bond donors (Lipinski definition) is 2. The van der Waals surface area contributed by atoms with Gasteiger partial charge in [-0.15, -0.1) is 0 Å². The SMILES string of the molecule is CC(C)(C)OC(=O)N[C@H]1CC[C@H](CN2CCC(c3cccc4c(N5CCC(=O)NC5=O)cncc34)CC2)CC1. The number of aromatic nitrogens is 1. The molecule has 5 rings (SSSR count). The molecule has 0 radical (unpaired) electrons. The Hall–Kier alpha value is -3.20. The number of fused-ring (bicyclic) bond motifs is 1. The van der Waals surface area contributed by atoms with Gasteiger partial charge in [-0.05, 0) is 89.8 Å². The molecule has 0 bridgehead atoms. The van der Waals surface area contributed by atoms with Gasteiger partial charge in [-0.2, -0.15) is 0 Å². The zero-order valence-corrected chi connectivity index (χ0v) is 23.4. The van der Waals surface area contributed by atoms with Gasteiger partial charge in [-0.3, -0.25) is 20.0 Å². The maximum Gasteiger partial charge on any atom is 0.407 e. The minimum absolute atomic E-state index is 0.211. The maximum atomic E-state index is 12.5. The standard InChI is InChI=1S/C30H41N5O4/c1-30(2,3)39-29(38)32-22-9-7-20(8-10-22)19-34-14-11-21(12-15-34)23-5-4-6-24-25(23)17-31-18-26(24)35-16-13-27(36)33-28(35)37/h4-6,17-18,20-22H,7-16,19H2,1-3H3,(H,32,38)(H,33,36,37)/t20-,22-. The number of nitrogens with one attached hydrogen (secondary N) is 2. The zero-order valence-electron chi connectivity index (χ0n) is 23.4. The lowest BCUT2D eigenvalue weighted by molar-refractivity contribution is -0.120. The Balaban J connectivity index is 1.15. The third-order valence-electron chi connectivity index (χ3n) is 8.27. The molecule has 9 nitrogen and oxygen atoms in total. The average molecular weight is 536 g/mol. The number of ether oxygens (including phenoxy) is 1. The first kappa shape index (κ1) is 27.4. The van der Waals surface area contributed by atoms with Crippen molar-refractivity contribution in [3.05, 3.63) is 36.2 Å². The summed E-state index contributed by atoms with van der Waals surface area (Å²) in [7, 11) is 0. The fourth-order valence-electron chi connectivity index (χ4n) is 6.32. The van der Waals surface area contributed by atoms with Gasteiger partial charge in [0.05, 0.1) is 11.9 Å². The van der Waals surface area contributed by atoms with E-state index in [9.17, 15) is 14.4 Å². The predicted octanol–water partition coefficient (Wildman–Crippen LogP) is 4.94. The molecule has 2 aromatic rings. The number of imide groups is 1. The van der Waals surface area contributed by atoms with E-state index >= 15 is 0 Å². The van der Waals surface area contributed by atoms with Crippen LogP contribution in [-0.4, -0.2) is 65.7 Å². The second-order valence-electron chi connectivity index (χ2n) is 12.3. The number of urea groups is 1. The molecule has 3 aliphatic rings. The molecule has 0 unspecified atom stereocenters. The highest BCUT2D eigenvalue weighted by Gasteiger charge is 2.29. The van der Waals surface area contributed by atoms with E-state index in [1.807, 2.05) is 33.0 Å². The number of piperidine rings is 1. The first-order valence-electron chi connectivity index (χ1n) is 14.4. The number of carbonyl (C=O) groups is 3. The number of hydrogen-bond acceptors (Lipinski definition) is 6. The van der Waals surface area contributed by atoms with Gasteiger partial charge < -0.3 is 15.0 Å². The van der Waals surface area contributed by atoms with Crippen molar-refractivity contribution in [3.63, 3.8) is 0 Å². The maximum absolute atomic E-state index is 12.5. The molecule has 2 N–H and O–H groups in total. The fourth-order valence-corrected chi connectivity index (χ4v) is 6.32. The minimum atomic E-state index is -0.469. The first-order valence-corrected chi connectivity index (χ1v) is 14.4. The molecule has 1 aromatic carbocycles. The Kier molecular flexibility index (Phi) is 8.07. The third-order valence-corrected chi connectivity index (χ3v) is 8.27. The molecule has 9 heteroatoms. The lowest BCUT2D eigenvalue weighted by Crippen LogP contribution is -2.49. The van der Waals surface area contributed by atoms with Gasteiger partial charge in [0, 0.05) is 42.5 Å². The monoisotopic (exact) mass is 535 g/mol. The van der Waals surface area contributed by atoms with E-state index in [2.05, 4.69) is 32.7 Å². The summed E-state index contributed by atoms with van der Waals surface area (Å²) in [5.74, 6) is 0.889. The van der Waals surface area contributed by atoms with Crippen molar-refractivity contribution in [2.75, 3.05) is 31.1 Å². The van der Waals surface area contributed by atoms with Gasteiger partial charge in [-0.1, -0.05) is 18.2 Å². The van der Waals surface area contributed by atoms with Crippen molar-refractivity contribution in [1.29, 1.82) is 0 Å². The van der Waals surface area contributed by atoms with Crippen molar-refractivity contribution in [2.45, 2.75) is 83.3 Å². The van der Waals surface area contributed by atoms with Crippen LogP contribution in [-0.2, 0) is 9.53 Å². The summed E-state index contributed by atoms with van der Waals surface area (Å²) in [5.41, 5.74) is 1.58. The highest BCUT2D eigenvalue weighted by atomic mass is 16.6. The van der Waals surface area contributed by atoms with Gasteiger partial charge in [0.25, 0.3) is 0 Å². The summed E-state index contributed by atoms with van der Waals surface area (Å²) < 4.78 is 5.41. The van der Waals surface area contributed by atoms with Crippen LogP contribution in [0.3, 0.4) is 0 Å². The van der Waals surface area contributed by atoms with E-state index in [0.717, 1.165) is 74.6 Å². The van der Waals surface area contributed by atoms with Crippen LogP contribution in [0.2, 0.25) is 0 Å². The molecule has 210 valence electrons. The quantitative estimate of drug-likeness (QED) is 0.562. The minimum Gasteiger partial charge on any atom is -0.444 e. The van der Waals surface area contributed by atoms with Gasteiger partial charge >= 0.3 is 12.1 Å². The van der Waals surface area contributed by atoms with Crippen LogP contribution in [0.1, 0.15) is 77.2 Å².